The molecule has 0 unspecified atom stereocenters. The maximum atomic E-state index is 4.72. The fourth-order valence-electron chi connectivity index (χ4n) is 3.77. The number of para-hydroxylation sites is 1. The first-order valence-electron chi connectivity index (χ1n) is 11.0. The minimum atomic E-state index is 0.716. The normalized spacial score (nSPS) is 11.2. The van der Waals surface area contributed by atoms with E-state index < -0.39 is 0 Å². The van der Waals surface area contributed by atoms with Crippen LogP contribution in [0.1, 0.15) is 22.6 Å². The fourth-order valence-corrected chi connectivity index (χ4v) is 3.77. The van der Waals surface area contributed by atoms with E-state index in [0.29, 0.717) is 13.1 Å². The summed E-state index contributed by atoms with van der Waals surface area (Å²) < 4.78 is 0. The highest BCUT2D eigenvalue weighted by Crippen LogP contribution is 2.21. The lowest BCUT2D eigenvalue weighted by Crippen LogP contribution is -2.23. The van der Waals surface area contributed by atoms with Crippen LogP contribution >= 0.6 is 0 Å². The number of anilines is 1. The molecule has 2 aromatic carbocycles. The van der Waals surface area contributed by atoms with Crippen LogP contribution in [0.4, 0.5) is 5.69 Å². The number of pyridine rings is 3. The van der Waals surface area contributed by atoms with Crippen LogP contribution in [0.25, 0.3) is 23.1 Å². The zero-order chi connectivity index (χ0) is 22.3. The van der Waals surface area contributed by atoms with Gasteiger partial charge in [-0.1, -0.05) is 54.6 Å². The molecule has 0 fully saturated rings. The largest absolute Gasteiger partial charge is 0.360 e. The van der Waals surface area contributed by atoms with Gasteiger partial charge in [-0.25, -0.2) is 4.98 Å². The molecule has 0 amide bonds. The van der Waals surface area contributed by atoms with E-state index in [1.54, 1.807) is 0 Å². The van der Waals surface area contributed by atoms with Crippen molar-refractivity contribution < 1.29 is 0 Å². The van der Waals surface area contributed by atoms with E-state index in [9.17, 15) is 0 Å². The first-order chi connectivity index (χ1) is 16.3. The minimum Gasteiger partial charge on any atom is -0.360 e. The molecular formula is C29H24N4. The molecule has 4 heteroatoms. The van der Waals surface area contributed by atoms with Crippen LogP contribution in [0.15, 0.2) is 109 Å². The van der Waals surface area contributed by atoms with Gasteiger partial charge in [-0.15, -0.1) is 0 Å². The second-order valence-corrected chi connectivity index (χ2v) is 7.85. The average Bonchev–Trinajstić information content (AvgIpc) is 2.88. The summed E-state index contributed by atoms with van der Waals surface area (Å²) in [5.41, 5.74) is 6.27. The van der Waals surface area contributed by atoms with Crippen LogP contribution in [-0.4, -0.2) is 15.0 Å². The third kappa shape index (κ3) is 5.31. The minimum absolute atomic E-state index is 0.716. The third-order valence-electron chi connectivity index (χ3n) is 5.48. The van der Waals surface area contributed by atoms with Crippen molar-refractivity contribution >= 4 is 28.7 Å². The Labute approximate surface area is 193 Å². The average molecular weight is 429 g/mol. The van der Waals surface area contributed by atoms with Crippen molar-refractivity contribution in [3.8, 4) is 0 Å². The van der Waals surface area contributed by atoms with Crippen molar-refractivity contribution in [2.24, 2.45) is 0 Å². The highest BCUT2D eigenvalue weighted by atomic mass is 15.1. The summed E-state index contributed by atoms with van der Waals surface area (Å²) in [5.74, 6) is 0. The molecule has 5 aromatic rings. The Morgan fingerprint density at radius 2 is 1.27 bits per heavy atom. The van der Waals surface area contributed by atoms with Gasteiger partial charge in [-0.2, -0.15) is 0 Å². The van der Waals surface area contributed by atoms with Gasteiger partial charge >= 0.3 is 0 Å². The quantitative estimate of drug-likeness (QED) is 0.301. The van der Waals surface area contributed by atoms with E-state index in [-0.39, 0.29) is 0 Å². The third-order valence-corrected chi connectivity index (χ3v) is 5.48. The molecule has 0 spiro atoms. The van der Waals surface area contributed by atoms with Crippen molar-refractivity contribution in [1.82, 2.24) is 15.0 Å². The van der Waals surface area contributed by atoms with Crippen LogP contribution in [-0.2, 0) is 13.1 Å². The number of hydrogen-bond acceptors (Lipinski definition) is 4. The van der Waals surface area contributed by atoms with Gasteiger partial charge in [0, 0.05) is 23.5 Å². The topological polar surface area (TPSA) is 41.9 Å². The van der Waals surface area contributed by atoms with E-state index in [1.807, 2.05) is 54.9 Å². The Bertz CT molecular complexity index is 1310. The first kappa shape index (κ1) is 20.6. The molecule has 0 bridgehead atoms. The SMILES string of the molecule is C(=C\c1ccc2ccccc2n1)/c1ccc(N(Cc2ccccn2)Cc2ccccn2)cc1. The summed E-state index contributed by atoms with van der Waals surface area (Å²) in [6.45, 7) is 1.43. The zero-order valence-electron chi connectivity index (χ0n) is 18.3. The van der Waals surface area contributed by atoms with Gasteiger partial charge in [0.05, 0.1) is 35.7 Å². The second kappa shape index (κ2) is 9.88. The molecule has 3 aromatic heterocycles. The highest BCUT2D eigenvalue weighted by molar-refractivity contribution is 5.80. The van der Waals surface area contributed by atoms with Crippen LogP contribution in [0, 0.1) is 0 Å². The molecular weight excluding hydrogens is 404 g/mol. The van der Waals surface area contributed by atoms with Gasteiger partial charge in [-0.05, 0) is 60.2 Å². The Morgan fingerprint density at radius 1 is 0.606 bits per heavy atom. The molecule has 0 aliphatic carbocycles. The molecule has 0 aliphatic heterocycles. The number of benzene rings is 2. The Balaban J connectivity index is 1.35. The maximum absolute atomic E-state index is 4.72. The van der Waals surface area contributed by atoms with Crippen LogP contribution in [0.2, 0.25) is 0 Å². The molecule has 0 N–H and O–H groups in total. The Kier molecular flexibility index (Phi) is 6.16. The van der Waals surface area contributed by atoms with E-state index in [0.717, 1.165) is 39.2 Å². The number of nitrogens with zero attached hydrogens (tertiary/aromatic N) is 4. The Hall–Kier alpha value is -4.31. The fraction of sp³-hybridized carbons (Fsp3) is 0.0690. The van der Waals surface area contributed by atoms with Gasteiger partial charge in [0.15, 0.2) is 0 Å². The summed E-state index contributed by atoms with van der Waals surface area (Å²) in [6, 6.07) is 32.9. The van der Waals surface area contributed by atoms with Gasteiger partial charge in [0.1, 0.15) is 0 Å². The maximum Gasteiger partial charge on any atom is 0.0709 e. The summed E-state index contributed by atoms with van der Waals surface area (Å²) in [4.78, 5) is 16.0. The second-order valence-electron chi connectivity index (χ2n) is 7.85. The number of aromatic nitrogens is 3. The molecule has 0 saturated carbocycles. The lowest BCUT2D eigenvalue weighted by Gasteiger charge is -2.24. The molecule has 160 valence electrons. The van der Waals surface area contributed by atoms with E-state index >= 15 is 0 Å². The molecule has 4 nitrogen and oxygen atoms in total. The molecule has 0 saturated heterocycles. The zero-order valence-corrected chi connectivity index (χ0v) is 18.3. The summed E-state index contributed by atoms with van der Waals surface area (Å²) >= 11 is 0. The van der Waals surface area contributed by atoms with Crippen molar-refractivity contribution in [1.29, 1.82) is 0 Å². The molecule has 0 atom stereocenters. The van der Waals surface area contributed by atoms with Gasteiger partial charge < -0.3 is 4.90 Å². The predicted molar refractivity (Wildman–Crippen MR) is 135 cm³/mol. The van der Waals surface area contributed by atoms with Gasteiger partial charge in [0.25, 0.3) is 0 Å². The molecule has 0 aliphatic rings. The van der Waals surface area contributed by atoms with Crippen molar-refractivity contribution in [3.05, 3.63) is 132 Å². The predicted octanol–water partition coefficient (Wildman–Crippen LogP) is 6.40. The molecule has 5 rings (SSSR count). The standard InChI is InChI=1S/C29H24N4/c1-2-10-29-24(7-1)14-16-25(32-29)15-11-23-12-17-28(18-13-23)33(21-26-8-3-5-19-30-26)22-27-9-4-6-20-31-27/h1-20H,21-22H2/b15-11+. The molecule has 0 radical (unpaired) electrons. The van der Waals surface area contributed by atoms with Crippen LogP contribution < -0.4 is 4.90 Å². The lowest BCUT2D eigenvalue weighted by atomic mass is 10.1. The summed E-state index contributed by atoms with van der Waals surface area (Å²) in [7, 11) is 0. The first-order valence-corrected chi connectivity index (χ1v) is 11.0. The van der Waals surface area contributed by atoms with Crippen molar-refractivity contribution in [3.63, 3.8) is 0 Å². The van der Waals surface area contributed by atoms with Gasteiger partial charge in [0.2, 0.25) is 0 Å². The summed E-state index contributed by atoms with van der Waals surface area (Å²) in [6.07, 6.45) is 7.83. The van der Waals surface area contributed by atoms with Crippen LogP contribution in [0.5, 0.6) is 0 Å². The van der Waals surface area contributed by atoms with E-state index in [4.69, 9.17) is 4.98 Å². The number of hydrogen-bond donors (Lipinski definition) is 0. The lowest BCUT2D eigenvalue weighted by molar-refractivity contribution is 0.765. The monoisotopic (exact) mass is 428 g/mol. The van der Waals surface area contributed by atoms with Crippen LogP contribution in [0.3, 0.4) is 0 Å². The number of fused-ring (bicyclic) bond motifs is 1. The number of rotatable bonds is 7. The van der Waals surface area contributed by atoms with Crippen molar-refractivity contribution in [2.75, 3.05) is 4.90 Å². The summed E-state index contributed by atoms with van der Waals surface area (Å²) in [5, 5.41) is 1.15. The highest BCUT2D eigenvalue weighted by Gasteiger charge is 2.10. The van der Waals surface area contributed by atoms with E-state index in [1.165, 1.54) is 0 Å². The smallest absolute Gasteiger partial charge is 0.0709 e. The van der Waals surface area contributed by atoms with E-state index in [2.05, 4.69) is 81.6 Å². The molecule has 3 heterocycles. The Morgan fingerprint density at radius 3 is 1.94 bits per heavy atom. The van der Waals surface area contributed by atoms with Crippen molar-refractivity contribution in [2.45, 2.75) is 13.1 Å². The van der Waals surface area contributed by atoms with Gasteiger partial charge in [-0.3, -0.25) is 9.97 Å². The molecule has 33 heavy (non-hydrogen) atoms.